The molecule has 0 bridgehead atoms. The molecule has 0 spiro atoms. The minimum atomic E-state index is -4.48. The van der Waals surface area contributed by atoms with Crippen molar-refractivity contribution in [2.45, 2.75) is 36.6 Å². The van der Waals surface area contributed by atoms with Crippen molar-refractivity contribution in [2.75, 3.05) is 10.6 Å². The molecule has 2 amide bonds. The van der Waals surface area contributed by atoms with Crippen LogP contribution in [0, 0.1) is 6.92 Å². The van der Waals surface area contributed by atoms with Gasteiger partial charge in [-0.3, -0.25) is 9.59 Å². The number of alkyl halides is 3. The molecular formula is C25H23F3N2O2S. The third-order valence-corrected chi connectivity index (χ3v) is 6.24. The smallest absolute Gasteiger partial charge is 0.325 e. The van der Waals surface area contributed by atoms with Gasteiger partial charge in [-0.05, 0) is 61.4 Å². The van der Waals surface area contributed by atoms with E-state index in [4.69, 9.17) is 0 Å². The average Bonchev–Trinajstić information content (AvgIpc) is 2.77. The molecule has 0 aliphatic rings. The molecule has 2 N–H and O–H groups in total. The molecule has 8 heteroatoms. The Balaban J connectivity index is 1.68. The number of hydrogen-bond acceptors (Lipinski definition) is 3. The number of carbonyl (C=O) groups excluding carboxylic acids is 2. The molecule has 0 heterocycles. The van der Waals surface area contributed by atoms with Crippen molar-refractivity contribution in [1.29, 1.82) is 0 Å². The lowest BCUT2D eigenvalue weighted by atomic mass is 10.1. The molecule has 0 aliphatic carbocycles. The monoisotopic (exact) mass is 472 g/mol. The summed E-state index contributed by atoms with van der Waals surface area (Å²) in [6.45, 7) is 3.68. The van der Waals surface area contributed by atoms with Crippen LogP contribution >= 0.6 is 11.8 Å². The summed E-state index contributed by atoms with van der Waals surface area (Å²) >= 11 is 1.28. The molecule has 0 saturated heterocycles. The fourth-order valence-electron chi connectivity index (χ4n) is 3.16. The predicted molar refractivity (Wildman–Crippen MR) is 126 cm³/mol. The Labute approximate surface area is 194 Å². The summed E-state index contributed by atoms with van der Waals surface area (Å²) in [6, 6.07) is 18.9. The number of hydrogen-bond donors (Lipinski definition) is 2. The van der Waals surface area contributed by atoms with Gasteiger partial charge in [-0.15, -0.1) is 11.8 Å². The van der Waals surface area contributed by atoms with E-state index in [0.717, 1.165) is 22.6 Å². The van der Waals surface area contributed by atoms with E-state index in [9.17, 15) is 22.8 Å². The highest BCUT2D eigenvalue weighted by Crippen LogP contribution is 2.32. The molecular weight excluding hydrogens is 449 g/mol. The van der Waals surface area contributed by atoms with Crippen LogP contribution < -0.4 is 10.6 Å². The number of anilines is 2. The number of rotatable bonds is 7. The number of amides is 2. The lowest BCUT2D eigenvalue weighted by Crippen LogP contribution is -2.24. The summed E-state index contributed by atoms with van der Waals surface area (Å²) in [4.78, 5) is 26.0. The van der Waals surface area contributed by atoms with Crippen LogP contribution in [0.4, 0.5) is 24.5 Å². The van der Waals surface area contributed by atoms with Crippen LogP contribution in [0.1, 0.15) is 34.8 Å². The van der Waals surface area contributed by atoms with Gasteiger partial charge in [0, 0.05) is 21.8 Å². The number of thioether (sulfide) groups is 1. The zero-order valence-electron chi connectivity index (χ0n) is 18.1. The van der Waals surface area contributed by atoms with Crippen molar-refractivity contribution in [1.82, 2.24) is 0 Å². The molecule has 1 unspecified atom stereocenters. The molecule has 0 radical (unpaired) electrons. The highest BCUT2D eigenvalue weighted by Gasteiger charge is 2.30. The van der Waals surface area contributed by atoms with Crippen molar-refractivity contribution in [2.24, 2.45) is 0 Å². The van der Waals surface area contributed by atoms with Gasteiger partial charge in [0.1, 0.15) is 0 Å². The summed E-state index contributed by atoms with van der Waals surface area (Å²) in [7, 11) is 0. The lowest BCUT2D eigenvalue weighted by Gasteiger charge is -2.16. The van der Waals surface area contributed by atoms with E-state index in [1.54, 1.807) is 30.3 Å². The van der Waals surface area contributed by atoms with Crippen molar-refractivity contribution < 1.29 is 22.8 Å². The highest BCUT2D eigenvalue weighted by molar-refractivity contribution is 8.00. The Hall–Kier alpha value is -3.26. The van der Waals surface area contributed by atoms with Crippen LogP contribution in [-0.4, -0.2) is 17.1 Å². The number of benzene rings is 3. The Morgan fingerprint density at radius 3 is 2.24 bits per heavy atom. The van der Waals surface area contributed by atoms with Crippen LogP contribution in [0.25, 0.3) is 0 Å². The Morgan fingerprint density at radius 1 is 0.909 bits per heavy atom. The molecule has 172 valence electrons. The Morgan fingerprint density at radius 2 is 1.58 bits per heavy atom. The van der Waals surface area contributed by atoms with Gasteiger partial charge in [0.15, 0.2) is 0 Å². The second-order valence-corrected chi connectivity index (χ2v) is 8.66. The first-order valence-corrected chi connectivity index (χ1v) is 11.2. The summed E-state index contributed by atoms with van der Waals surface area (Å²) < 4.78 is 38.8. The van der Waals surface area contributed by atoms with Crippen LogP contribution in [0.2, 0.25) is 0 Å². The quantitative estimate of drug-likeness (QED) is 0.373. The van der Waals surface area contributed by atoms with E-state index in [-0.39, 0.29) is 11.6 Å². The topological polar surface area (TPSA) is 58.2 Å². The van der Waals surface area contributed by atoms with Gasteiger partial charge >= 0.3 is 6.18 Å². The minimum Gasteiger partial charge on any atom is -0.325 e. The number of halogens is 3. The van der Waals surface area contributed by atoms with Gasteiger partial charge in [-0.1, -0.05) is 37.3 Å². The molecule has 3 aromatic carbocycles. The fourth-order valence-corrected chi connectivity index (χ4v) is 4.17. The maximum atomic E-state index is 12.9. The maximum absolute atomic E-state index is 12.9. The first-order chi connectivity index (χ1) is 15.7. The summed E-state index contributed by atoms with van der Waals surface area (Å²) in [5, 5.41) is 4.91. The number of carbonyl (C=O) groups is 2. The molecule has 0 aromatic heterocycles. The first kappa shape index (κ1) is 24.4. The molecule has 1 atom stereocenters. The van der Waals surface area contributed by atoms with E-state index in [1.165, 1.54) is 23.9 Å². The van der Waals surface area contributed by atoms with Gasteiger partial charge < -0.3 is 10.6 Å². The van der Waals surface area contributed by atoms with E-state index in [0.29, 0.717) is 17.7 Å². The maximum Gasteiger partial charge on any atom is 0.416 e. The largest absolute Gasteiger partial charge is 0.416 e. The molecule has 4 nitrogen and oxygen atoms in total. The summed E-state index contributed by atoms with van der Waals surface area (Å²) in [5.41, 5.74) is 1.29. The van der Waals surface area contributed by atoms with Gasteiger partial charge in [0.2, 0.25) is 5.91 Å². The third-order valence-electron chi connectivity index (χ3n) is 4.88. The van der Waals surface area contributed by atoms with Crippen molar-refractivity contribution in [3.05, 3.63) is 89.5 Å². The van der Waals surface area contributed by atoms with Crippen molar-refractivity contribution in [3.63, 3.8) is 0 Å². The first-order valence-electron chi connectivity index (χ1n) is 10.3. The third kappa shape index (κ3) is 6.61. The van der Waals surface area contributed by atoms with E-state index in [2.05, 4.69) is 10.6 Å². The molecule has 33 heavy (non-hydrogen) atoms. The van der Waals surface area contributed by atoms with Gasteiger partial charge in [0.25, 0.3) is 5.91 Å². The van der Waals surface area contributed by atoms with Crippen LogP contribution in [0.5, 0.6) is 0 Å². The Bertz CT molecular complexity index is 1150. The zero-order valence-corrected chi connectivity index (χ0v) is 18.9. The standard InChI is InChI=1S/C25H23F3N2O2S/c1-3-22(24(32)30-18-10-6-9-17(14-18)25(26,27)28)33-20-12-7-11-19(15-20)29-23(31)21-13-5-4-8-16(21)2/h4-15,22H,3H2,1-2H3,(H,29,31)(H,30,32). The van der Waals surface area contributed by atoms with Gasteiger partial charge in [0.05, 0.1) is 10.8 Å². The second-order valence-electron chi connectivity index (χ2n) is 7.38. The number of aryl methyl sites for hydroxylation is 1. The van der Waals surface area contributed by atoms with E-state index >= 15 is 0 Å². The molecule has 0 fully saturated rings. The zero-order chi connectivity index (χ0) is 24.0. The molecule has 3 aromatic rings. The fraction of sp³-hybridized carbons (Fsp3) is 0.200. The van der Waals surface area contributed by atoms with Crippen LogP contribution in [-0.2, 0) is 11.0 Å². The summed E-state index contributed by atoms with van der Waals surface area (Å²) in [5.74, 6) is -0.624. The normalized spacial score (nSPS) is 12.2. The molecule has 3 rings (SSSR count). The highest BCUT2D eigenvalue weighted by atomic mass is 32.2. The van der Waals surface area contributed by atoms with Gasteiger partial charge in [-0.2, -0.15) is 13.2 Å². The van der Waals surface area contributed by atoms with Crippen molar-refractivity contribution >= 4 is 35.0 Å². The second kappa shape index (κ2) is 10.6. The van der Waals surface area contributed by atoms with Gasteiger partial charge in [-0.25, -0.2) is 0 Å². The number of nitrogens with one attached hydrogen (secondary N) is 2. The van der Waals surface area contributed by atoms with Crippen LogP contribution in [0.15, 0.2) is 77.7 Å². The summed E-state index contributed by atoms with van der Waals surface area (Å²) in [6.07, 6.45) is -4.02. The van der Waals surface area contributed by atoms with Crippen molar-refractivity contribution in [3.8, 4) is 0 Å². The predicted octanol–water partition coefficient (Wildman–Crippen LogP) is 6.78. The lowest BCUT2D eigenvalue weighted by molar-refractivity contribution is -0.137. The SMILES string of the molecule is CCC(Sc1cccc(NC(=O)c2ccccc2C)c1)C(=O)Nc1cccc(C(F)(F)F)c1. The Kier molecular flexibility index (Phi) is 7.81. The van der Waals surface area contributed by atoms with E-state index < -0.39 is 22.9 Å². The average molecular weight is 473 g/mol. The van der Waals surface area contributed by atoms with Crippen LogP contribution in [0.3, 0.4) is 0 Å². The molecule has 0 aliphatic heterocycles. The van der Waals surface area contributed by atoms with E-state index in [1.807, 2.05) is 32.0 Å². The minimum absolute atomic E-state index is 0.0909. The molecule has 0 saturated carbocycles.